The molecule has 0 radical (unpaired) electrons. The molecule has 0 fully saturated rings. The zero-order valence-electron chi connectivity index (χ0n) is 20.3. The molecule has 1 N–H and O–H groups in total. The molecular formula is C27H35N3O4. The Hall–Kier alpha value is -2.97. The number of benzene rings is 2. The molecule has 3 rings (SSSR count). The summed E-state index contributed by atoms with van der Waals surface area (Å²) in [7, 11) is 3.56. The van der Waals surface area contributed by atoms with Gasteiger partial charge in [-0.1, -0.05) is 48.5 Å². The first-order chi connectivity index (χ1) is 16.5. The molecule has 0 amide bonds. The molecule has 3 aromatic rings. The molecule has 0 aliphatic rings. The van der Waals surface area contributed by atoms with E-state index < -0.39 is 6.10 Å². The van der Waals surface area contributed by atoms with E-state index in [1.54, 1.807) is 17.9 Å². The number of nitrogens with zero attached hydrogens (tertiary/aromatic N) is 3. The number of hydrogen-bond acceptors (Lipinski definition) is 6. The van der Waals surface area contributed by atoms with Gasteiger partial charge in [0, 0.05) is 39.4 Å². The van der Waals surface area contributed by atoms with Crippen LogP contribution in [0.5, 0.6) is 11.6 Å². The van der Waals surface area contributed by atoms with E-state index in [-0.39, 0.29) is 6.61 Å². The van der Waals surface area contributed by atoms with Gasteiger partial charge in [0.25, 0.3) is 0 Å². The van der Waals surface area contributed by atoms with Crippen LogP contribution in [0.15, 0.2) is 67.3 Å². The third-order valence-corrected chi connectivity index (χ3v) is 5.35. The molecule has 1 unspecified atom stereocenters. The third kappa shape index (κ3) is 7.27. The highest BCUT2D eigenvalue weighted by molar-refractivity contribution is 5.65. The van der Waals surface area contributed by atoms with Crippen molar-refractivity contribution in [1.29, 1.82) is 0 Å². The Labute approximate surface area is 202 Å². The Balaban J connectivity index is 1.93. The number of hydrogen-bond donors (Lipinski definition) is 1. The minimum absolute atomic E-state index is 0.237. The molecule has 0 aliphatic heterocycles. The van der Waals surface area contributed by atoms with Crippen molar-refractivity contribution in [3.05, 3.63) is 78.4 Å². The second kappa shape index (κ2) is 13.1. The summed E-state index contributed by atoms with van der Waals surface area (Å²) in [6.45, 7) is 8.46. The van der Waals surface area contributed by atoms with E-state index in [4.69, 9.17) is 19.3 Å². The molecule has 1 atom stereocenters. The highest BCUT2D eigenvalue weighted by Gasteiger charge is 2.23. The lowest BCUT2D eigenvalue weighted by molar-refractivity contribution is 0.0193. The molecule has 7 heteroatoms. The zero-order chi connectivity index (χ0) is 24.3. The van der Waals surface area contributed by atoms with Gasteiger partial charge in [-0.05, 0) is 24.6 Å². The molecule has 1 heterocycles. The van der Waals surface area contributed by atoms with Gasteiger partial charge < -0.3 is 19.3 Å². The van der Waals surface area contributed by atoms with Crippen LogP contribution in [-0.4, -0.2) is 65.9 Å². The lowest BCUT2D eigenvalue weighted by Crippen LogP contribution is -2.36. The smallest absolute Gasteiger partial charge is 0.222 e. The second-order valence-corrected chi connectivity index (χ2v) is 8.25. The molecular weight excluding hydrogens is 430 g/mol. The quantitative estimate of drug-likeness (QED) is 0.284. The molecule has 2 aromatic carbocycles. The van der Waals surface area contributed by atoms with Crippen molar-refractivity contribution in [3.8, 4) is 22.9 Å². The number of rotatable bonds is 14. The van der Waals surface area contributed by atoms with E-state index in [0.717, 1.165) is 28.1 Å². The maximum Gasteiger partial charge on any atom is 0.222 e. The van der Waals surface area contributed by atoms with Crippen molar-refractivity contribution in [3.63, 3.8) is 0 Å². The number of aryl methyl sites for hydroxylation is 2. The van der Waals surface area contributed by atoms with E-state index in [0.29, 0.717) is 38.7 Å². The predicted molar refractivity (Wildman–Crippen MR) is 134 cm³/mol. The van der Waals surface area contributed by atoms with Gasteiger partial charge >= 0.3 is 0 Å². The Kier molecular flexibility index (Phi) is 9.85. The number of aromatic nitrogens is 2. The van der Waals surface area contributed by atoms with Crippen LogP contribution in [0.4, 0.5) is 0 Å². The molecule has 0 saturated heterocycles. The summed E-state index contributed by atoms with van der Waals surface area (Å²) in [6, 6.07) is 18.0. The zero-order valence-corrected chi connectivity index (χ0v) is 20.3. The highest BCUT2D eigenvalue weighted by Crippen LogP contribution is 2.34. The van der Waals surface area contributed by atoms with Crippen molar-refractivity contribution in [2.45, 2.75) is 19.6 Å². The standard InChI is InChI=1S/C27H35N3O4/c1-5-15-33-20-23(31)18-30(14-16-32-4)19-25-26(22-11-7-6-8-12-22)28-29(3)27(25)34-24-13-9-10-21(2)17-24/h5-13,17,23,31H,1,14-16,18-20H2,2-4H3. The van der Waals surface area contributed by atoms with E-state index in [1.807, 2.05) is 68.6 Å². The van der Waals surface area contributed by atoms with Crippen LogP contribution in [-0.2, 0) is 23.1 Å². The fourth-order valence-electron chi connectivity index (χ4n) is 3.76. The normalized spacial score (nSPS) is 12.1. The number of methoxy groups -OCH3 is 1. The maximum atomic E-state index is 10.6. The lowest BCUT2D eigenvalue weighted by atomic mass is 10.1. The first-order valence-corrected chi connectivity index (χ1v) is 11.5. The van der Waals surface area contributed by atoms with Crippen molar-refractivity contribution in [2.24, 2.45) is 7.05 Å². The number of ether oxygens (including phenoxy) is 3. The van der Waals surface area contributed by atoms with Crippen molar-refractivity contribution in [1.82, 2.24) is 14.7 Å². The van der Waals surface area contributed by atoms with E-state index >= 15 is 0 Å². The van der Waals surface area contributed by atoms with E-state index in [2.05, 4.69) is 11.5 Å². The summed E-state index contributed by atoms with van der Waals surface area (Å²) >= 11 is 0. The molecule has 0 bridgehead atoms. The maximum absolute atomic E-state index is 10.6. The van der Waals surface area contributed by atoms with Crippen LogP contribution in [0.3, 0.4) is 0 Å². The minimum atomic E-state index is -0.644. The Morgan fingerprint density at radius 3 is 2.68 bits per heavy atom. The first-order valence-electron chi connectivity index (χ1n) is 11.5. The van der Waals surface area contributed by atoms with Crippen molar-refractivity contribution < 1.29 is 19.3 Å². The van der Waals surface area contributed by atoms with Crippen LogP contribution >= 0.6 is 0 Å². The third-order valence-electron chi connectivity index (χ3n) is 5.35. The monoisotopic (exact) mass is 465 g/mol. The van der Waals surface area contributed by atoms with Gasteiger partial charge in [-0.25, -0.2) is 4.68 Å². The van der Waals surface area contributed by atoms with Gasteiger partial charge in [0.05, 0.1) is 31.5 Å². The van der Waals surface area contributed by atoms with Crippen molar-refractivity contribution in [2.75, 3.05) is 40.0 Å². The van der Waals surface area contributed by atoms with Crippen LogP contribution in [0.25, 0.3) is 11.3 Å². The SMILES string of the molecule is C=CCOCC(O)CN(CCOC)Cc1c(-c2ccccc2)nn(C)c1Oc1cccc(C)c1. The summed E-state index contributed by atoms with van der Waals surface area (Å²) in [6.07, 6.45) is 1.03. The molecule has 182 valence electrons. The molecule has 0 saturated carbocycles. The van der Waals surface area contributed by atoms with Crippen LogP contribution in [0.2, 0.25) is 0 Å². The highest BCUT2D eigenvalue weighted by atomic mass is 16.5. The second-order valence-electron chi connectivity index (χ2n) is 8.25. The van der Waals surface area contributed by atoms with E-state index in [1.165, 1.54) is 0 Å². The lowest BCUT2D eigenvalue weighted by Gasteiger charge is -2.25. The number of aliphatic hydroxyl groups is 1. The largest absolute Gasteiger partial charge is 0.439 e. The topological polar surface area (TPSA) is 69.0 Å². The van der Waals surface area contributed by atoms with Crippen LogP contribution < -0.4 is 4.74 Å². The van der Waals surface area contributed by atoms with Gasteiger partial charge in [0.1, 0.15) is 11.4 Å². The van der Waals surface area contributed by atoms with Gasteiger partial charge in [-0.2, -0.15) is 5.10 Å². The predicted octanol–water partition coefficient (Wildman–Crippen LogP) is 4.20. The summed E-state index contributed by atoms with van der Waals surface area (Å²) in [5.74, 6) is 1.43. The fourth-order valence-corrected chi connectivity index (χ4v) is 3.76. The Bertz CT molecular complexity index is 1040. The summed E-state index contributed by atoms with van der Waals surface area (Å²) < 4.78 is 18.9. The summed E-state index contributed by atoms with van der Waals surface area (Å²) in [5, 5.41) is 15.4. The molecule has 0 aliphatic carbocycles. The summed E-state index contributed by atoms with van der Waals surface area (Å²) in [5.41, 5.74) is 3.93. The average molecular weight is 466 g/mol. The number of aliphatic hydroxyl groups excluding tert-OH is 1. The van der Waals surface area contributed by atoms with Crippen LogP contribution in [0.1, 0.15) is 11.1 Å². The average Bonchev–Trinajstić information content (AvgIpc) is 3.13. The Morgan fingerprint density at radius 2 is 1.97 bits per heavy atom. The van der Waals surface area contributed by atoms with Crippen LogP contribution in [0, 0.1) is 6.92 Å². The summed E-state index contributed by atoms with van der Waals surface area (Å²) in [4.78, 5) is 2.14. The minimum Gasteiger partial charge on any atom is -0.439 e. The van der Waals surface area contributed by atoms with Gasteiger partial charge in [0.15, 0.2) is 0 Å². The molecule has 34 heavy (non-hydrogen) atoms. The first kappa shape index (κ1) is 25.6. The molecule has 0 spiro atoms. The Morgan fingerprint density at radius 1 is 1.18 bits per heavy atom. The van der Waals surface area contributed by atoms with Gasteiger partial charge in [-0.3, -0.25) is 4.90 Å². The van der Waals surface area contributed by atoms with Gasteiger partial charge in [-0.15, -0.1) is 6.58 Å². The molecule has 1 aromatic heterocycles. The molecule has 7 nitrogen and oxygen atoms in total. The van der Waals surface area contributed by atoms with Crippen molar-refractivity contribution >= 4 is 0 Å². The van der Waals surface area contributed by atoms with E-state index in [9.17, 15) is 5.11 Å². The van der Waals surface area contributed by atoms with Gasteiger partial charge in [0.2, 0.25) is 5.88 Å². The fraction of sp³-hybridized carbons (Fsp3) is 0.370.